The van der Waals surface area contributed by atoms with Crippen LogP contribution in [0.5, 0.6) is 0 Å². The van der Waals surface area contributed by atoms with E-state index in [4.69, 9.17) is 11.6 Å². The number of carbonyl (C=O) groups is 1. The van der Waals surface area contributed by atoms with Crippen LogP contribution in [0.25, 0.3) is 0 Å². The molecule has 1 aromatic heterocycles. The number of rotatable bonds is 2. The fourth-order valence-corrected chi connectivity index (χ4v) is 3.63. The standard InChI is InChI=1S/C12H7Br2ClOS/c1-6-4-10(17-12(6)14)11(16)8-3-2-7(13)5-9(8)15/h2-5H,1H3. The highest BCUT2D eigenvalue weighted by Crippen LogP contribution is 2.31. The fraction of sp³-hybridized carbons (Fsp3) is 0.0833. The normalized spacial score (nSPS) is 10.6. The summed E-state index contributed by atoms with van der Waals surface area (Å²) in [5.74, 6) is -0.0405. The molecule has 1 nitrogen and oxygen atoms in total. The summed E-state index contributed by atoms with van der Waals surface area (Å²) < 4.78 is 1.84. The van der Waals surface area contributed by atoms with Crippen molar-refractivity contribution in [2.75, 3.05) is 0 Å². The van der Waals surface area contributed by atoms with Gasteiger partial charge in [-0.25, -0.2) is 0 Å². The minimum atomic E-state index is -0.0405. The lowest BCUT2D eigenvalue weighted by Gasteiger charge is -2.01. The Balaban J connectivity index is 2.43. The topological polar surface area (TPSA) is 17.1 Å². The number of carbonyl (C=O) groups excluding carboxylic acids is 1. The Hall–Kier alpha value is -0.160. The second-order valence-corrected chi connectivity index (χ2v) is 7.21. The summed E-state index contributed by atoms with van der Waals surface area (Å²) in [5.41, 5.74) is 1.59. The van der Waals surface area contributed by atoms with Gasteiger partial charge in [-0.1, -0.05) is 27.5 Å². The predicted octanol–water partition coefficient (Wildman–Crippen LogP) is 5.47. The van der Waals surface area contributed by atoms with Gasteiger partial charge in [0.2, 0.25) is 5.78 Å². The van der Waals surface area contributed by atoms with Crippen molar-refractivity contribution in [1.82, 2.24) is 0 Å². The SMILES string of the molecule is Cc1cc(C(=O)c2ccc(Br)cc2Cl)sc1Br. The Labute approximate surface area is 125 Å². The van der Waals surface area contributed by atoms with E-state index in [1.54, 1.807) is 12.1 Å². The van der Waals surface area contributed by atoms with E-state index in [1.165, 1.54) is 11.3 Å². The summed E-state index contributed by atoms with van der Waals surface area (Å²) in [6, 6.07) is 7.14. The minimum absolute atomic E-state index is 0.0405. The molecule has 0 unspecified atom stereocenters. The molecule has 1 heterocycles. The first-order valence-corrected chi connectivity index (χ1v) is 7.53. The molecule has 0 saturated carbocycles. The molecule has 0 fully saturated rings. The molecule has 17 heavy (non-hydrogen) atoms. The number of hydrogen-bond donors (Lipinski definition) is 0. The molecule has 88 valence electrons. The van der Waals surface area contributed by atoms with Crippen LogP contribution in [0.4, 0.5) is 0 Å². The summed E-state index contributed by atoms with van der Waals surface area (Å²) in [6.07, 6.45) is 0. The quantitative estimate of drug-likeness (QED) is 0.618. The smallest absolute Gasteiger partial charge is 0.204 e. The monoisotopic (exact) mass is 392 g/mol. The maximum atomic E-state index is 12.2. The molecule has 0 aliphatic heterocycles. The van der Waals surface area contributed by atoms with E-state index >= 15 is 0 Å². The van der Waals surface area contributed by atoms with Crippen LogP contribution in [0.15, 0.2) is 32.5 Å². The molecule has 0 saturated heterocycles. The van der Waals surface area contributed by atoms with Gasteiger partial charge in [0.05, 0.1) is 13.7 Å². The summed E-state index contributed by atoms with van der Waals surface area (Å²) in [6.45, 7) is 1.96. The molecule has 0 bridgehead atoms. The van der Waals surface area contributed by atoms with Crippen molar-refractivity contribution in [2.24, 2.45) is 0 Å². The average Bonchev–Trinajstić information content (AvgIpc) is 2.58. The van der Waals surface area contributed by atoms with Gasteiger partial charge in [-0.15, -0.1) is 11.3 Å². The highest BCUT2D eigenvalue weighted by atomic mass is 79.9. The summed E-state index contributed by atoms with van der Waals surface area (Å²) in [5, 5.41) is 0.464. The van der Waals surface area contributed by atoms with E-state index in [0.29, 0.717) is 15.5 Å². The van der Waals surface area contributed by atoms with Gasteiger partial charge in [-0.3, -0.25) is 4.79 Å². The average molecular weight is 395 g/mol. The molecular weight excluding hydrogens is 387 g/mol. The third kappa shape index (κ3) is 2.81. The summed E-state index contributed by atoms with van der Waals surface area (Å²) >= 11 is 14.2. The Kier molecular flexibility index (Phi) is 4.08. The maximum Gasteiger partial charge on any atom is 0.204 e. The van der Waals surface area contributed by atoms with E-state index in [0.717, 1.165) is 13.8 Å². The predicted molar refractivity (Wildman–Crippen MR) is 79.3 cm³/mol. The van der Waals surface area contributed by atoms with Crippen molar-refractivity contribution in [2.45, 2.75) is 6.92 Å². The van der Waals surface area contributed by atoms with E-state index in [9.17, 15) is 4.79 Å². The molecule has 0 N–H and O–H groups in total. The number of ketones is 1. The second kappa shape index (κ2) is 5.22. The Morgan fingerprint density at radius 1 is 1.29 bits per heavy atom. The van der Waals surface area contributed by atoms with Crippen molar-refractivity contribution in [3.63, 3.8) is 0 Å². The zero-order chi connectivity index (χ0) is 12.6. The van der Waals surface area contributed by atoms with Crippen LogP contribution in [0, 0.1) is 6.92 Å². The molecule has 0 amide bonds. The third-order valence-electron chi connectivity index (χ3n) is 2.26. The summed E-state index contributed by atoms with van der Waals surface area (Å²) in [7, 11) is 0. The Bertz CT molecular complexity index is 573. The zero-order valence-electron chi connectivity index (χ0n) is 8.76. The highest BCUT2D eigenvalue weighted by Gasteiger charge is 2.16. The van der Waals surface area contributed by atoms with Crippen molar-refractivity contribution < 1.29 is 4.79 Å². The molecule has 2 rings (SSSR count). The van der Waals surface area contributed by atoms with Gasteiger partial charge in [-0.2, -0.15) is 0 Å². The lowest BCUT2D eigenvalue weighted by molar-refractivity contribution is 0.104. The van der Waals surface area contributed by atoms with E-state index < -0.39 is 0 Å². The van der Waals surface area contributed by atoms with E-state index in [2.05, 4.69) is 31.9 Å². The first kappa shape index (κ1) is 13.3. The van der Waals surface area contributed by atoms with E-state index in [1.807, 2.05) is 19.1 Å². The van der Waals surface area contributed by atoms with Gasteiger partial charge in [0, 0.05) is 10.0 Å². The largest absolute Gasteiger partial charge is 0.288 e. The van der Waals surface area contributed by atoms with Gasteiger partial charge in [0.25, 0.3) is 0 Å². The van der Waals surface area contributed by atoms with Crippen molar-refractivity contribution in [3.8, 4) is 0 Å². The first-order valence-electron chi connectivity index (χ1n) is 4.74. The lowest BCUT2D eigenvalue weighted by Crippen LogP contribution is -1.99. The lowest BCUT2D eigenvalue weighted by atomic mass is 10.1. The van der Waals surface area contributed by atoms with Crippen LogP contribution in [-0.2, 0) is 0 Å². The molecule has 2 aromatic rings. The number of hydrogen-bond acceptors (Lipinski definition) is 2. The van der Waals surface area contributed by atoms with Crippen molar-refractivity contribution in [3.05, 3.63) is 53.6 Å². The fourth-order valence-electron chi connectivity index (χ4n) is 1.38. The van der Waals surface area contributed by atoms with Crippen LogP contribution in [0.2, 0.25) is 5.02 Å². The van der Waals surface area contributed by atoms with Gasteiger partial charge >= 0.3 is 0 Å². The van der Waals surface area contributed by atoms with E-state index in [-0.39, 0.29) is 5.78 Å². The summed E-state index contributed by atoms with van der Waals surface area (Å²) in [4.78, 5) is 12.9. The minimum Gasteiger partial charge on any atom is -0.288 e. The van der Waals surface area contributed by atoms with Crippen LogP contribution < -0.4 is 0 Å². The van der Waals surface area contributed by atoms with Gasteiger partial charge in [0.1, 0.15) is 0 Å². The van der Waals surface area contributed by atoms with Crippen molar-refractivity contribution >= 4 is 60.6 Å². The molecule has 1 aromatic carbocycles. The molecule has 0 aliphatic rings. The molecule has 0 aliphatic carbocycles. The van der Waals surface area contributed by atoms with Gasteiger partial charge < -0.3 is 0 Å². The molecule has 5 heteroatoms. The van der Waals surface area contributed by atoms with Gasteiger partial charge in [-0.05, 0) is 52.7 Å². The highest BCUT2D eigenvalue weighted by molar-refractivity contribution is 9.11. The van der Waals surface area contributed by atoms with Crippen LogP contribution in [0.3, 0.4) is 0 Å². The number of thiophene rings is 1. The Morgan fingerprint density at radius 3 is 2.53 bits per heavy atom. The number of aryl methyl sites for hydroxylation is 1. The molecular formula is C12H7Br2ClOS. The first-order chi connectivity index (χ1) is 7.99. The van der Waals surface area contributed by atoms with Gasteiger partial charge in [0.15, 0.2) is 0 Å². The van der Waals surface area contributed by atoms with Crippen LogP contribution >= 0.6 is 54.8 Å². The number of halogens is 3. The van der Waals surface area contributed by atoms with Crippen LogP contribution in [-0.4, -0.2) is 5.78 Å². The zero-order valence-corrected chi connectivity index (χ0v) is 13.5. The molecule has 0 spiro atoms. The molecule has 0 atom stereocenters. The molecule has 0 radical (unpaired) electrons. The third-order valence-corrected chi connectivity index (χ3v) is 5.20. The number of benzene rings is 1. The maximum absolute atomic E-state index is 12.2. The van der Waals surface area contributed by atoms with Crippen molar-refractivity contribution in [1.29, 1.82) is 0 Å². The second-order valence-electron chi connectivity index (χ2n) is 3.52. The Morgan fingerprint density at radius 2 is 2.00 bits per heavy atom. The van der Waals surface area contributed by atoms with Crippen LogP contribution in [0.1, 0.15) is 20.8 Å².